The molecule has 3 aromatic rings. The molecule has 0 aliphatic rings. The normalized spacial score (nSPS) is 11.5. The molecule has 3 aromatic heterocycles. The second kappa shape index (κ2) is 5.68. The molecule has 0 atom stereocenters. The van der Waals surface area contributed by atoms with Crippen LogP contribution in [-0.2, 0) is 6.18 Å². The Morgan fingerprint density at radius 1 is 1.21 bits per heavy atom. The van der Waals surface area contributed by atoms with Crippen LogP contribution in [0.15, 0.2) is 43.0 Å². The van der Waals surface area contributed by atoms with Gasteiger partial charge in [-0.2, -0.15) is 18.3 Å². The van der Waals surface area contributed by atoms with E-state index in [1.54, 1.807) is 0 Å². The van der Waals surface area contributed by atoms with Crippen molar-refractivity contribution in [3.63, 3.8) is 0 Å². The van der Waals surface area contributed by atoms with E-state index in [1.165, 1.54) is 24.5 Å². The first-order valence-corrected chi connectivity index (χ1v) is 6.41. The molecule has 0 saturated carbocycles. The van der Waals surface area contributed by atoms with Crippen LogP contribution in [0.4, 0.5) is 18.9 Å². The van der Waals surface area contributed by atoms with E-state index in [-0.39, 0.29) is 22.9 Å². The number of halogens is 3. The summed E-state index contributed by atoms with van der Waals surface area (Å²) in [4.78, 5) is 21.3. The molecule has 0 saturated heterocycles. The largest absolute Gasteiger partial charge is 0.433 e. The minimum absolute atomic E-state index is 0.217. The number of aromatic nitrogens is 5. The molecule has 0 radical (unpaired) electrons. The fraction of sp³-hybridized carbons (Fsp3) is 0.0769. The average Bonchev–Trinajstić information content (AvgIpc) is 3.05. The summed E-state index contributed by atoms with van der Waals surface area (Å²) < 4.78 is 40.1. The van der Waals surface area contributed by atoms with Crippen LogP contribution in [0.25, 0.3) is 17.2 Å². The molecule has 0 aromatic carbocycles. The fourth-order valence-electron chi connectivity index (χ4n) is 1.85. The zero-order chi connectivity index (χ0) is 17.3. The van der Waals surface area contributed by atoms with Gasteiger partial charge in [0.2, 0.25) is 0 Å². The summed E-state index contributed by atoms with van der Waals surface area (Å²) in [6.07, 6.45) is -0.0674. The van der Waals surface area contributed by atoms with Crippen LogP contribution >= 0.6 is 0 Å². The lowest BCUT2D eigenvalue weighted by atomic mass is 10.2. The first-order chi connectivity index (χ1) is 11.3. The molecule has 122 valence electrons. The Hall–Kier alpha value is -3.37. The molecule has 11 heteroatoms. The third-order valence-electron chi connectivity index (χ3n) is 2.94. The van der Waals surface area contributed by atoms with Crippen molar-refractivity contribution in [2.45, 2.75) is 6.18 Å². The van der Waals surface area contributed by atoms with Crippen LogP contribution in [0.2, 0.25) is 0 Å². The molecule has 0 N–H and O–H groups in total. The van der Waals surface area contributed by atoms with Crippen LogP contribution in [-0.4, -0.2) is 29.7 Å². The number of hydrogen-bond acceptors (Lipinski definition) is 6. The third-order valence-corrected chi connectivity index (χ3v) is 2.94. The van der Waals surface area contributed by atoms with Gasteiger partial charge >= 0.3 is 11.9 Å². The molecule has 0 bridgehead atoms. The Morgan fingerprint density at radius 2 is 2.00 bits per heavy atom. The number of alkyl halides is 3. The maximum atomic E-state index is 13.1. The topological polar surface area (TPSA) is 99.6 Å². The van der Waals surface area contributed by atoms with Crippen molar-refractivity contribution >= 4 is 5.69 Å². The monoisotopic (exact) mass is 336 g/mol. The van der Waals surface area contributed by atoms with E-state index in [1.807, 2.05) is 0 Å². The smallest absolute Gasteiger partial charge is 0.264 e. The van der Waals surface area contributed by atoms with E-state index in [0.717, 1.165) is 17.1 Å². The molecule has 3 rings (SSSR count). The molecule has 24 heavy (non-hydrogen) atoms. The quantitative estimate of drug-likeness (QED) is 0.538. The first-order valence-electron chi connectivity index (χ1n) is 6.41. The molecular formula is C13H7F3N6O2. The molecular weight excluding hydrogens is 329 g/mol. The highest BCUT2D eigenvalue weighted by Crippen LogP contribution is 2.30. The molecule has 0 fully saturated rings. The Balaban J connectivity index is 2.16. The van der Waals surface area contributed by atoms with Gasteiger partial charge in [0.05, 0.1) is 4.92 Å². The predicted octanol–water partition coefficient (Wildman–Crippen LogP) is 2.65. The summed E-state index contributed by atoms with van der Waals surface area (Å²) in [7, 11) is 0. The van der Waals surface area contributed by atoms with E-state index >= 15 is 0 Å². The van der Waals surface area contributed by atoms with E-state index < -0.39 is 16.8 Å². The van der Waals surface area contributed by atoms with E-state index in [4.69, 9.17) is 0 Å². The van der Waals surface area contributed by atoms with Crippen LogP contribution in [0.1, 0.15) is 5.69 Å². The average molecular weight is 336 g/mol. The van der Waals surface area contributed by atoms with Gasteiger partial charge in [-0.15, -0.1) is 0 Å². The van der Waals surface area contributed by atoms with Crippen molar-refractivity contribution in [3.05, 3.63) is 58.8 Å². The summed E-state index contributed by atoms with van der Waals surface area (Å²) >= 11 is 0. The van der Waals surface area contributed by atoms with Crippen molar-refractivity contribution in [2.24, 2.45) is 0 Å². The van der Waals surface area contributed by atoms with Gasteiger partial charge < -0.3 is 0 Å². The Labute approximate surface area is 131 Å². The predicted molar refractivity (Wildman–Crippen MR) is 74.0 cm³/mol. The lowest BCUT2D eigenvalue weighted by Gasteiger charge is -2.10. The highest BCUT2D eigenvalue weighted by Gasteiger charge is 2.34. The summed E-state index contributed by atoms with van der Waals surface area (Å²) in [6, 6.07) is 3.69. The molecule has 0 aliphatic carbocycles. The summed E-state index contributed by atoms with van der Waals surface area (Å²) in [5, 5.41) is 14.4. The van der Waals surface area contributed by atoms with Gasteiger partial charge in [-0.1, -0.05) is 0 Å². The maximum absolute atomic E-state index is 13.1. The van der Waals surface area contributed by atoms with Gasteiger partial charge in [0.25, 0.3) is 0 Å². The van der Waals surface area contributed by atoms with Gasteiger partial charge in [-0.25, -0.2) is 14.6 Å². The highest BCUT2D eigenvalue weighted by molar-refractivity contribution is 5.54. The maximum Gasteiger partial charge on any atom is 0.433 e. The van der Waals surface area contributed by atoms with E-state index in [2.05, 4.69) is 20.1 Å². The van der Waals surface area contributed by atoms with Gasteiger partial charge in [-0.05, 0) is 12.1 Å². The standard InChI is InChI=1S/C13H7F3N6O2/c14-13(15,16)10-4-11(21-7-9(6-18-21)22(23)24)20-12(19-10)8-2-1-3-17-5-8/h1-7H. The number of hydrogen-bond donors (Lipinski definition) is 0. The summed E-state index contributed by atoms with van der Waals surface area (Å²) in [5.41, 5.74) is -1.29. The Kier molecular flexibility index (Phi) is 3.67. The second-order valence-corrected chi connectivity index (χ2v) is 4.57. The van der Waals surface area contributed by atoms with Crippen molar-refractivity contribution in [3.8, 4) is 17.2 Å². The van der Waals surface area contributed by atoms with Crippen molar-refractivity contribution in [1.29, 1.82) is 0 Å². The minimum atomic E-state index is -4.71. The second-order valence-electron chi connectivity index (χ2n) is 4.57. The van der Waals surface area contributed by atoms with Crippen molar-refractivity contribution in [2.75, 3.05) is 0 Å². The van der Waals surface area contributed by atoms with Crippen LogP contribution in [0.3, 0.4) is 0 Å². The summed E-state index contributed by atoms with van der Waals surface area (Å²) in [5.74, 6) is -0.463. The lowest BCUT2D eigenvalue weighted by Crippen LogP contribution is -2.12. The minimum Gasteiger partial charge on any atom is -0.264 e. The van der Waals surface area contributed by atoms with E-state index in [9.17, 15) is 23.3 Å². The number of nitro groups is 1. The zero-order valence-corrected chi connectivity index (χ0v) is 11.7. The van der Waals surface area contributed by atoms with Crippen LogP contribution < -0.4 is 0 Å². The van der Waals surface area contributed by atoms with Gasteiger partial charge in [0.1, 0.15) is 12.4 Å². The molecule has 0 unspecified atom stereocenters. The lowest BCUT2D eigenvalue weighted by molar-refractivity contribution is -0.384. The molecule has 0 aliphatic heterocycles. The van der Waals surface area contributed by atoms with Gasteiger partial charge in [-0.3, -0.25) is 15.1 Å². The highest BCUT2D eigenvalue weighted by atomic mass is 19.4. The Morgan fingerprint density at radius 3 is 2.58 bits per heavy atom. The molecule has 8 nitrogen and oxygen atoms in total. The SMILES string of the molecule is O=[N+]([O-])c1cnn(-c2cc(C(F)(F)F)nc(-c3cccnc3)n2)c1. The zero-order valence-electron chi connectivity index (χ0n) is 11.7. The molecule has 0 spiro atoms. The number of pyridine rings is 1. The summed E-state index contributed by atoms with van der Waals surface area (Å²) in [6.45, 7) is 0. The van der Waals surface area contributed by atoms with Crippen molar-refractivity contribution < 1.29 is 18.1 Å². The number of rotatable bonds is 3. The van der Waals surface area contributed by atoms with E-state index in [0.29, 0.717) is 6.07 Å². The molecule has 0 amide bonds. The fourth-order valence-corrected chi connectivity index (χ4v) is 1.85. The van der Waals surface area contributed by atoms with Crippen molar-refractivity contribution in [1.82, 2.24) is 24.7 Å². The number of nitrogens with zero attached hydrogens (tertiary/aromatic N) is 6. The van der Waals surface area contributed by atoms with Gasteiger partial charge in [0.15, 0.2) is 17.3 Å². The van der Waals surface area contributed by atoms with Gasteiger partial charge in [0, 0.05) is 24.0 Å². The third kappa shape index (κ3) is 3.04. The Bertz CT molecular complexity index is 894. The van der Waals surface area contributed by atoms with Crippen LogP contribution in [0.5, 0.6) is 0 Å². The molecule has 3 heterocycles. The van der Waals surface area contributed by atoms with Crippen LogP contribution in [0, 0.1) is 10.1 Å². The first kappa shape index (κ1) is 15.5.